The van der Waals surface area contributed by atoms with Crippen LogP contribution in [0.1, 0.15) is 42.4 Å². The Morgan fingerprint density at radius 3 is 2.65 bits per heavy atom. The number of nitrogens with one attached hydrogen (secondary N) is 1. The maximum absolute atomic E-state index is 4.24. The van der Waals surface area contributed by atoms with E-state index in [1.807, 2.05) is 0 Å². The summed E-state index contributed by atoms with van der Waals surface area (Å²) in [6.45, 7) is 5.34. The molecule has 20 heavy (non-hydrogen) atoms. The van der Waals surface area contributed by atoms with Crippen LogP contribution < -0.4 is 5.32 Å². The van der Waals surface area contributed by atoms with Crippen molar-refractivity contribution in [3.63, 3.8) is 0 Å². The van der Waals surface area contributed by atoms with E-state index >= 15 is 0 Å². The van der Waals surface area contributed by atoms with Gasteiger partial charge in [0.15, 0.2) is 0 Å². The number of benzene rings is 1. The zero-order valence-electron chi connectivity index (χ0n) is 11.9. The van der Waals surface area contributed by atoms with E-state index < -0.39 is 0 Å². The van der Waals surface area contributed by atoms with Gasteiger partial charge in [0.1, 0.15) is 0 Å². The first-order valence-electron chi connectivity index (χ1n) is 7.03. The molecule has 1 aromatic heterocycles. The molecule has 108 valence electrons. The molecule has 0 aliphatic heterocycles. The van der Waals surface area contributed by atoms with Gasteiger partial charge in [-0.3, -0.25) is 0 Å². The summed E-state index contributed by atoms with van der Waals surface area (Å²) in [4.78, 5) is 1.28. The van der Waals surface area contributed by atoms with Gasteiger partial charge in [-0.05, 0) is 55.0 Å². The van der Waals surface area contributed by atoms with Gasteiger partial charge in [0.25, 0.3) is 0 Å². The van der Waals surface area contributed by atoms with Crippen LogP contribution in [-0.2, 0) is 12.8 Å². The monoisotopic (exact) mass is 353 g/mol. The minimum Gasteiger partial charge on any atom is -0.309 e. The fraction of sp³-hybridized carbons (Fsp3) is 0.467. The molecule has 1 unspecified atom stereocenters. The molecular formula is C15H20BrN3S. The van der Waals surface area contributed by atoms with Crippen LogP contribution in [0.4, 0.5) is 0 Å². The summed E-state index contributed by atoms with van der Waals surface area (Å²) < 4.78 is 5.24. The lowest BCUT2D eigenvalue weighted by atomic mass is 10.0. The summed E-state index contributed by atoms with van der Waals surface area (Å²) >= 11 is 5.00. The van der Waals surface area contributed by atoms with Crippen LogP contribution in [-0.4, -0.2) is 16.1 Å². The summed E-state index contributed by atoms with van der Waals surface area (Å²) in [5.41, 5.74) is 2.46. The van der Waals surface area contributed by atoms with E-state index in [-0.39, 0.29) is 0 Å². The highest BCUT2D eigenvalue weighted by atomic mass is 79.9. The molecule has 2 aromatic rings. The van der Waals surface area contributed by atoms with Crippen molar-refractivity contribution in [3.8, 4) is 0 Å². The van der Waals surface area contributed by atoms with Gasteiger partial charge in [-0.15, -0.1) is 5.10 Å². The minimum atomic E-state index is 0.311. The van der Waals surface area contributed by atoms with E-state index in [2.05, 4.69) is 68.9 Å². The first-order valence-corrected chi connectivity index (χ1v) is 8.60. The highest BCUT2D eigenvalue weighted by Crippen LogP contribution is 2.25. The summed E-state index contributed by atoms with van der Waals surface area (Å²) in [7, 11) is 0. The van der Waals surface area contributed by atoms with Crippen LogP contribution in [0.15, 0.2) is 28.7 Å². The maximum Gasteiger partial charge on any atom is 0.0801 e. The number of rotatable bonds is 7. The number of halogens is 1. The SMILES string of the molecule is CCCNC(Cc1ccc(Br)cc1)c1snnc1CC. The quantitative estimate of drug-likeness (QED) is 0.812. The number of hydrogen-bond acceptors (Lipinski definition) is 4. The number of aromatic nitrogens is 2. The second kappa shape index (κ2) is 7.86. The molecule has 2 rings (SSSR count). The number of hydrogen-bond donors (Lipinski definition) is 1. The van der Waals surface area contributed by atoms with E-state index in [0.717, 1.165) is 36.0 Å². The Balaban J connectivity index is 2.17. The molecule has 1 aromatic carbocycles. The Labute approximate surface area is 133 Å². The molecule has 1 heterocycles. The molecule has 1 N–H and O–H groups in total. The fourth-order valence-corrected chi connectivity index (χ4v) is 3.23. The molecular weight excluding hydrogens is 334 g/mol. The van der Waals surface area contributed by atoms with Crippen molar-refractivity contribution in [2.24, 2.45) is 0 Å². The Morgan fingerprint density at radius 2 is 2.00 bits per heavy atom. The van der Waals surface area contributed by atoms with Gasteiger partial charge in [-0.2, -0.15) is 0 Å². The second-order valence-corrected chi connectivity index (χ2v) is 6.48. The second-order valence-electron chi connectivity index (χ2n) is 4.77. The zero-order valence-corrected chi connectivity index (χ0v) is 14.3. The topological polar surface area (TPSA) is 37.8 Å². The Kier molecular flexibility index (Phi) is 6.13. The lowest BCUT2D eigenvalue weighted by molar-refractivity contribution is 0.532. The Hall–Kier alpha value is -0.780. The standard InChI is InChI=1S/C15H20BrN3S/c1-3-9-17-14(15-13(4-2)18-19-20-15)10-11-5-7-12(16)8-6-11/h5-8,14,17H,3-4,9-10H2,1-2H3. The highest BCUT2D eigenvalue weighted by molar-refractivity contribution is 9.10. The first kappa shape index (κ1) is 15.6. The van der Waals surface area contributed by atoms with Crippen LogP contribution in [0, 0.1) is 0 Å². The van der Waals surface area contributed by atoms with Crippen molar-refractivity contribution in [2.75, 3.05) is 6.54 Å². The third-order valence-electron chi connectivity index (χ3n) is 3.23. The van der Waals surface area contributed by atoms with Crippen molar-refractivity contribution in [3.05, 3.63) is 44.9 Å². The van der Waals surface area contributed by atoms with E-state index in [1.54, 1.807) is 0 Å². The third kappa shape index (κ3) is 4.11. The van der Waals surface area contributed by atoms with Gasteiger partial charge in [0.05, 0.1) is 10.6 Å². The summed E-state index contributed by atoms with van der Waals surface area (Å²) in [6, 6.07) is 8.84. The van der Waals surface area contributed by atoms with Gasteiger partial charge < -0.3 is 5.32 Å². The van der Waals surface area contributed by atoms with Crippen LogP contribution in [0.25, 0.3) is 0 Å². The average Bonchev–Trinajstić information content (AvgIpc) is 2.94. The molecule has 0 amide bonds. The van der Waals surface area contributed by atoms with Crippen molar-refractivity contribution in [2.45, 2.75) is 39.2 Å². The molecule has 0 saturated carbocycles. The predicted octanol–water partition coefficient (Wildman–Crippen LogP) is 4.15. The lowest BCUT2D eigenvalue weighted by Crippen LogP contribution is -2.24. The third-order valence-corrected chi connectivity index (χ3v) is 4.64. The predicted molar refractivity (Wildman–Crippen MR) is 88.2 cm³/mol. The zero-order chi connectivity index (χ0) is 14.4. The Morgan fingerprint density at radius 1 is 1.25 bits per heavy atom. The van der Waals surface area contributed by atoms with Gasteiger partial charge >= 0.3 is 0 Å². The first-order chi connectivity index (χ1) is 9.74. The van der Waals surface area contributed by atoms with Crippen molar-refractivity contribution >= 4 is 27.5 Å². The summed E-state index contributed by atoms with van der Waals surface area (Å²) in [6.07, 6.45) is 3.05. The van der Waals surface area contributed by atoms with Crippen molar-refractivity contribution in [1.29, 1.82) is 0 Å². The molecule has 1 atom stereocenters. The number of nitrogens with zero attached hydrogens (tertiary/aromatic N) is 2. The molecule has 0 spiro atoms. The summed E-state index contributed by atoms with van der Waals surface area (Å²) in [5.74, 6) is 0. The molecule has 3 nitrogen and oxygen atoms in total. The smallest absolute Gasteiger partial charge is 0.0801 e. The normalized spacial score (nSPS) is 12.6. The molecule has 0 fully saturated rings. The highest BCUT2D eigenvalue weighted by Gasteiger charge is 2.18. The van der Waals surface area contributed by atoms with Crippen LogP contribution in [0.5, 0.6) is 0 Å². The van der Waals surface area contributed by atoms with E-state index in [1.165, 1.54) is 22.0 Å². The molecule has 0 aliphatic rings. The van der Waals surface area contributed by atoms with Crippen LogP contribution >= 0.6 is 27.5 Å². The average molecular weight is 354 g/mol. The molecule has 0 aliphatic carbocycles. The van der Waals surface area contributed by atoms with E-state index in [4.69, 9.17) is 0 Å². The molecule has 5 heteroatoms. The number of aryl methyl sites for hydroxylation is 1. The van der Waals surface area contributed by atoms with E-state index in [0.29, 0.717) is 6.04 Å². The van der Waals surface area contributed by atoms with Gasteiger partial charge in [0.2, 0.25) is 0 Å². The van der Waals surface area contributed by atoms with Gasteiger partial charge in [0, 0.05) is 10.5 Å². The molecule has 0 bridgehead atoms. The fourth-order valence-electron chi connectivity index (χ4n) is 2.16. The summed E-state index contributed by atoms with van der Waals surface area (Å²) in [5, 5.41) is 7.87. The lowest BCUT2D eigenvalue weighted by Gasteiger charge is -2.17. The van der Waals surface area contributed by atoms with Gasteiger partial charge in [-0.25, -0.2) is 0 Å². The van der Waals surface area contributed by atoms with Gasteiger partial charge in [-0.1, -0.05) is 46.4 Å². The maximum atomic E-state index is 4.24. The van der Waals surface area contributed by atoms with Crippen molar-refractivity contribution in [1.82, 2.24) is 14.9 Å². The minimum absolute atomic E-state index is 0.311. The van der Waals surface area contributed by atoms with E-state index in [9.17, 15) is 0 Å². The largest absolute Gasteiger partial charge is 0.309 e. The molecule has 0 saturated heterocycles. The Bertz CT molecular complexity index is 524. The van der Waals surface area contributed by atoms with Crippen LogP contribution in [0.2, 0.25) is 0 Å². The van der Waals surface area contributed by atoms with Crippen LogP contribution in [0.3, 0.4) is 0 Å². The molecule has 0 radical (unpaired) electrons. The van der Waals surface area contributed by atoms with Crippen molar-refractivity contribution < 1.29 is 0 Å².